The van der Waals surface area contributed by atoms with E-state index in [1.807, 2.05) is 0 Å². The van der Waals surface area contributed by atoms with Gasteiger partial charge in [-0.3, -0.25) is 0 Å². The fourth-order valence-corrected chi connectivity index (χ4v) is 2.10. The zero-order chi connectivity index (χ0) is 10.6. The molecule has 3 heteroatoms. The molecular formula is C11H19NO2. The van der Waals surface area contributed by atoms with Gasteiger partial charge in [0.1, 0.15) is 0 Å². The number of rotatable bonds is 3. The molecule has 1 unspecified atom stereocenters. The first-order chi connectivity index (χ1) is 6.49. The van der Waals surface area contributed by atoms with E-state index < -0.39 is 5.97 Å². The maximum Gasteiger partial charge on any atom is 0.329 e. The molecule has 1 aliphatic rings. The van der Waals surface area contributed by atoms with Crippen LogP contribution in [0.1, 0.15) is 39.5 Å². The predicted octanol–water partition coefficient (Wildman–Crippen LogP) is 2.14. The predicted molar refractivity (Wildman–Crippen MR) is 55.9 cm³/mol. The number of nitrogens with one attached hydrogen (secondary N) is 1. The van der Waals surface area contributed by atoms with Gasteiger partial charge < -0.3 is 10.4 Å². The largest absolute Gasteiger partial charge is 0.478 e. The first kappa shape index (κ1) is 11.1. The summed E-state index contributed by atoms with van der Waals surface area (Å²) >= 11 is 0. The smallest absolute Gasteiger partial charge is 0.329 e. The molecule has 2 N–H and O–H groups in total. The van der Waals surface area contributed by atoms with E-state index in [9.17, 15) is 4.79 Å². The topological polar surface area (TPSA) is 49.3 Å². The molecule has 14 heavy (non-hydrogen) atoms. The van der Waals surface area contributed by atoms with Crippen LogP contribution in [0.15, 0.2) is 12.3 Å². The van der Waals surface area contributed by atoms with Crippen LogP contribution in [0.4, 0.5) is 0 Å². The first-order valence-electron chi connectivity index (χ1n) is 5.15. The van der Waals surface area contributed by atoms with E-state index in [0.717, 1.165) is 18.9 Å². The fourth-order valence-electron chi connectivity index (χ4n) is 2.10. The maximum absolute atomic E-state index is 10.2. The van der Waals surface area contributed by atoms with E-state index in [1.54, 1.807) is 6.20 Å². The highest BCUT2D eigenvalue weighted by Crippen LogP contribution is 2.34. The Kier molecular flexibility index (Phi) is 3.55. The van der Waals surface area contributed by atoms with Crippen LogP contribution in [0.25, 0.3) is 0 Å². The minimum absolute atomic E-state index is 0.396. The summed E-state index contributed by atoms with van der Waals surface area (Å²) in [7, 11) is 0. The second-order valence-corrected chi connectivity index (χ2v) is 4.80. The van der Waals surface area contributed by atoms with Crippen LogP contribution in [-0.4, -0.2) is 17.1 Å². The Hall–Kier alpha value is -0.990. The third-order valence-corrected chi connectivity index (χ3v) is 2.76. The zero-order valence-electron chi connectivity index (χ0n) is 8.92. The minimum atomic E-state index is -0.896. The Morgan fingerprint density at radius 3 is 2.86 bits per heavy atom. The molecule has 0 bridgehead atoms. The van der Waals surface area contributed by atoms with Gasteiger partial charge in [0.15, 0.2) is 0 Å². The molecule has 1 fully saturated rings. The highest BCUT2D eigenvalue weighted by atomic mass is 16.4. The van der Waals surface area contributed by atoms with E-state index in [2.05, 4.69) is 19.2 Å². The standard InChI is InChI=1S/C11H19NO2/c1-11(2)6-3-4-9(8-11)12-7-5-10(13)14/h5,7,9,12H,3-4,6,8H2,1-2H3,(H,13,14)/b7-5+. The molecule has 0 aromatic carbocycles. The van der Waals surface area contributed by atoms with Gasteiger partial charge in [0.25, 0.3) is 0 Å². The monoisotopic (exact) mass is 197 g/mol. The summed E-state index contributed by atoms with van der Waals surface area (Å²) in [5, 5.41) is 11.6. The van der Waals surface area contributed by atoms with Crippen molar-refractivity contribution in [2.24, 2.45) is 5.41 Å². The summed E-state index contributed by atoms with van der Waals surface area (Å²) in [6.07, 6.45) is 7.47. The maximum atomic E-state index is 10.2. The van der Waals surface area contributed by atoms with Crippen LogP contribution < -0.4 is 5.32 Å². The van der Waals surface area contributed by atoms with Crippen molar-refractivity contribution in [3.8, 4) is 0 Å². The molecule has 1 aliphatic carbocycles. The highest BCUT2D eigenvalue weighted by Gasteiger charge is 2.26. The minimum Gasteiger partial charge on any atom is -0.478 e. The molecular weight excluding hydrogens is 178 g/mol. The molecule has 80 valence electrons. The number of hydrogen-bond acceptors (Lipinski definition) is 2. The van der Waals surface area contributed by atoms with Gasteiger partial charge in [-0.25, -0.2) is 4.79 Å². The van der Waals surface area contributed by atoms with Gasteiger partial charge in [-0.1, -0.05) is 20.3 Å². The Balaban J connectivity index is 2.35. The van der Waals surface area contributed by atoms with Gasteiger partial charge in [0, 0.05) is 18.3 Å². The second-order valence-electron chi connectivity index (χ2n) is 4.80. The van der Waals surface area contributed by atoms with Crippen molar-refractivity contribution in [1.29, 1.82) is 0 Å². The zero-order valence-corrected chi connectivity index (χ0v) is 8.92. The molecule has 1 atom stereocenters. The summed E-state index contributed by atoms with van der Waals surface area (Å²) < 4.78 is 0. The number of carboxylic acids is 1. The average Bonchev–Trinajstić information content (AvgIpc) is 2.01. The van der Waals surface area contributed by atoms with Crippen molar-refractivity contribution in [3.05, 3.63) is 12.3 Å². The normalized spacial score (nSPS) is 26.3. The molecule has 0 amide bonds. The van der Waals surface area contributed by atoms with Crippen molar-refractivity contribution < 1.29 is 9.90 Å². The highest BCUT2D eigenvalue weighted by molar-refractivity contribution is 5.79. The lowest BCUT2D eigenvalue weighted by molar-refractivity contribution is -0.131. The molecule has 1 rings (SSSR count). The van der Waals surface area contributed by atoms with Crippen molar-refractivity contribution in [1.82, 2.24) is 5.32 Å². The number of aliphatic carboxylic acids is 1. The molecule has 0 saturated heterocycles. The molecule has 0 spiro atoms. The summed E-state index contributed by atoms with van der Waals surface area (Å²) in [5.74, 6) is -0.896. The lowest BCUT2D eigenvalue weighted by atomic mass is 9.75. The molecule has 0 radical (unpaired) electrons. The third kappa shape index (κ3) is 3.81. The van der Waals surface area contributed by atoms with Gasteiger partial charge in [-0.15, -0.1) is 0 Å². The van der Waals surface area contributed by atoms with Gasteiger partial charge in [0.05, 0.1) is 0 Å². The SMILES string of the molecule is CC1(C)CCCC(N/C=C/C(=O)O)C1. The van der Waals surface area contributed by atoms with Crippen LogP contribution in [0.2, 0.25) is 0 Å². The Morgan fingerprint density at radius 1 is 1.57 bits per heavy atom. The molecule has 0 aromatic heterocycles. The van der Waals surface area contributed by atoms with Crippen LogP contribution >= 0.6 is 0 Å². The third-order valence-electron chi connectivity index (χ3n) is 2.76. The van der Waals surface area contributed by atoms with Crippen LogP contribution in [0.3, 0.4) is 0 Å². The van der Waals surface area contributed by atoms with Gasteiger partial charge in [0.2, 0.25) is 0 Å². The average molecular weight is 197 g/mol. The Bertz CT molecular complexity index is 233. The van der Waals surface area contributed by atoms with Crippen molar-refractivity contribution in [2.45, 2.75) is 45.6 Å². The Morgan fingerprint density at radius 2 is 2.29 bits per heavy atom. The summed E-state index contributed by atoms with van der Waals surface area (Å²) in [6.45, 7) is 4.53. The summed E-state index contributed by atoms with van der Waals surface area (Å²) in [4.78, 5) is 10.2. The van der Waals surface area contributed by atoms with Crippen molar-refractivity contribution in [2.75, 3.05) is 0 Å². The number of hydrogen-bond donors (Lipinski definition) is 2. The van der Waals surface area contributed by atoms with E-state index in [-0.39, 0.29) is 0 Å². The molecule has 3 nitrogen and oxygen atoms in total. The van der Waals surface area contributed by atoms with Crippen LogP contribution in [0.5, 0.6) is 0 Å². The Labute approximate surface area is 85.2 Å². The van der Waals surface area contributed by atoms with E-state index in [0.29, 0.717) is 11.5 Å². The number of carboxylic acid groups (broad SMARTS) is 1. The molecule has 0 heterocycles. The molecule has 0 aromatic rings. The van der Waals surface area contributed by atoms with Crippen LogP contribution in [-0.2, 0) is 4.79 Å². The van der Waals surface area contributed by atoms with E-state index >= 15 is 0 Å². The lowest BCUT2D eigenvalue weighted by Crippen LogP contribution is -2.34. The first-order valence-corrected chi connectivity index (χ1v) is 5.15. The lowest BCUT2D eigenvalue weighted by Gasteiger charge is -2.35. The van der Waals surface area contributed by atoms with Crippen molar-refractivity contribution in [3.63, 3.8) is 0 Å². The van der Waals surface area contributed by atoms with Crippen LogP contribution in [0, 0.1) is 5.41 Å². The van der Waals surface area contributed by atoms with Gasteiger partial charge in [-0.2, -0.15) is 0 Å². The summed E-state index contributed by atoms with van der Waals surface area (Å²) in [5.41, 5.74) is 0.396. The van der Waals surface area contributed by atoms with Gasteiger partial charge >= 0.3 is 5.97 Å². The number of carbonyl (C=O) groups is 1. The van der Waals surface area contributed by atoms with E-state index in [4.69, 9.17) is 5.11 Å². The fraction of sp³-hybridized carbons (Fsp3) is 0.727. The van der Waals surface area contributed by atoms with E-state index in [1.165, 1.54) is 12.8 Å². The summed E-state index contributed by atoms with van der Waals surface area (Å²) in [6, 6.07) is 0.439. The van der Waals surface area contributed by atoms with Gasteiger partial charge in [-0.05, 0) is 24.7 Å². The van der Waals surface area contributed by atoms with Crippen molar-refractivity contribution >= 4 is 5.97 Å². The quantitative estimate of drug-likeness (QED) is 0.681. The molecule has 1 saturated carbocycles. The molecule has 0 aliphatic heterocycles. The second kappa shape index (κ2) is 4.49.